The van der Waals surface area contributed by atoms with Crippen molar-refractivity contribution in [3.8, 4) is 0 Å². The molecule has 1 heterocycles. The fraction of sp³-hybridized carbons (Fsp3) is 0.733. The minimum atomic E-state index is 0.544. The van der Waals surface area contributed by atoms with Crippen LogP contribution in [0.25, 0.3) is 0 Å². The Hall–Kier alpha value is 0.140. The molecule has 1 N–H and O–H groups in total. The Kier molecular flexibility index (Phi) is 3.59. The Labute approximate surface area is 122 Å². The van der Waals surface area contributed by atoms with Crippen LogP contribution < -0.4 is 5.32 Å². The maximum Gasteiger partial charge on any atom is 0.0701 e. The zero-order valence-electron chi connectivity index (χ0n) is 11.2. The van der Waals surface area contributed by atoms with E-state index < -0.39 is 0 Å². The smallest absolute Gasteiger partial charge is 0.0701 e. The molecule has 18 heavy (non-hydrogen) atoms. The van der Waals surface area contributed by atoms with Gasteiger partial charge in [0.05, 0.1) is 3.79 Å². The average Bonchev–Trinajstić information content (AvgIpc) is 2.72. The fourth-order valence-electron chi connectivity index (χ4n) is 3.59. The van der Waals surface area contributed by atoms with Crippen LogP contribution in [0.2, 0.25) is 0 Å². The molecule has 0 aromatic carbocycles. The zero-order valence-corrected chi connectivity index (χ0v) is 13.6. The summed E-state index contributed by atoms with van der Waals surface area (Å²) in [6.45, 7) is 5.71. The number of nitrogens with one attached hydrogen (secondary N) is 1. The maximum absolute atomic E-state index is 3.69. The number of thiophene rings is 1. The van der Waals surface area contributed by atoms with Gasteiger partial charge in [-0.25, -0.2) is 0 Å². The molecule has 2 unspecified atom stereocenters. The van der Waals surface area contributed by atoms with Crippen LogP contribution in [0, 0.1) is 17.3 Å². The number of rotatable bonds is 5. The lowest BCUT2D eigenvalue weighted by Crippen LogP contribution is -2.38. The summed E-state index contributed by atoms with van der Waals surface area (Å²) >= 11 is 5.50. The lowest BCUT2D eigenvalue weighted by molar-refractivity contribution is 0.243. The Balaban J connectivity index is 1.69. The topological polar surface area (TPSA) is 12.0 Å². The van der Waals surface area contributed by atoms with E-state index in [0.717, 1.165) is 11.8 Å². The van der Waals surface area contributed by atoms with Crippen molar-refractivity contribution >= 4 is 27.3 Å². The Morgan fingerprint density at radius 1 is 1.39 bits per heavy atom. The second-order valence-corrected chi connectivity index (χ2v) is 9.13. The first-order valence-electron chi connectivity index (χ1n) is 7.04. The molecule has 3 rings (SSSR count). The molecular formula is C15H22BrNS. The van der Waals surface area contributed by atoms with Gasteiger partial charge in [0.25, 0.3) is 0 Å². The van der Waals surface area contributed by atoms with Gasteiger partial charge in [0.2, 0.25) is 0 Å². The van der Waals surface area contributed by atoms with Crippen LogP contribution in [-0.4, -0.2) is 12.6 Å². The van der Waals surface area contributed by atoms with E-state index in [1.165, 1.54) is 36.0 Å². The first kappa shape index (κ1) is 13.1. The molecular weight excluding hydrogens is 306 g/mol. The summed E-state index contributed by atoms with van der Waals surface area (Å²) in [5.41, 5.74) is 0.544. The van der Waals surface area contributed by atoms with Crippen molar-refractivity contribution in [2.45, 2.75) is 45.6 Å². The molecule has 100 valence electrons. The van der Waals surface area contributed by atoms with Gasteiger partial charge in [-0.05, 0) is 71.0 Å². The lowest BCUT2D eigenvalue weighted by atomic mass is 9.79. The number of hydrogen-bond acceptors (Lipinski definition) is 2. The standard InChI is InChI=1S/C15H22BrNS/c1-10(2)17-9-15(6-11-5-12(11)7-15)8-13-3-4-14(16)18-13/h3-4,10-12,17H,5-9H2,1-2H3. The molecule has 2 saturated carbocycles. The van der Waals surface area contributed by atoms with Crippen molar-refractivity contribution in [1.82, 2.24) is 5.32 Å². The summed E-state index contributed by atoms with van der Waals surface area (Å²) in [5.74, 6) is 2.12. The largest absolute Gasteiger partial charge is 0.314 e. The van der Waals surface area contributed by atoms with Crippen molar-refractivity contribution in [2.24, 2.45) is 17.3 Å². The van der Waals surface area contributed by atoms with Gasteiger partial charge in [-0.1, -0.05) is 13.8 Å². The second-order valence-electron chi connectivity index (χ2n) is 6.58. The van der Waals surface area contributed by atoms with Crippen LogP contribution in [0.15, 0.2) is 15.9 Å². The Bertz CT molecular complexity index is 416. The van der Waals surface area contributed by atoms with Crippen LogP contribution >= 0.6 is 27.3 Å². The number of fused-ring (bicyclic) bond motifs is 1. The summed E-state index contributed by atoms with van der Waals surface area (Å²) in [5, 5.41) is 3.69. The van der Waals surface area contributed by atoms with Crippen molar-refractivity contribution in [2.75, 3.05) is 6.54 Å². The van der Waals surface area contributed by atoms with Gasteiger partial charge in [0.1, 0.15) is 0 Å². The molecule has 2 aliphatic rings. The molecule has 0 amide bonds. The van der Waals surface area contributed by atoms with Crippen molar-refractivity contribution in [3.63, 3.8) is 0 Å². The molecule has 3 heteroatoms. The van der Waals surface area contributed by atoms with E-state index in [2.05, 4.69) is 47.2 Å². The van der Waals surface area contributed by atoms with Crippen LogP contribution in [0.3, 0.4) is 0 Å². The van der Waals surface area contributed by atoms with Gasteiger partial charge in [0.15, 0.2) is 0 Å². The van der Waals surface area contributed by atoms with Crippen LogP contribution in [0.5, 0.6) is 0 Å². The number of halogens is 1. The highest BCUT2D eigenvalue weighted by molar-refractivity contribution is 9.11. The average molecular weight is 328 g/mol. The summed E-state index contributed by atoms with van der Waals surface area (Å²) in [6.07, 6.45) is 5.69. The maximum atomic E-state index is 3.69. The van der Waals surface area contributed by atoms with Crippen molar-refractivity contribution < 1.29 is 0 Å². The summed E-state index contributed by atoms with van der Waals surface area (Å²) in [7, 11) is 0. The first-order valence-corrected chi connectivity index (χ1v) is 8.65. The summed E-state index contributed by atoms with van der Waals surface area (Å²) < 4.78 is 1.27. The minimum absolute atomic E-state index is 0.544. The van der Waals surface area contributed by atoms with Gasteiger partial charge >= 0.3 is 0 Å². The summed E-state index contributed by atoms with van der Waals surface area (Å²) in [6, 6.07) is 5.10. The predicted octanol–water partition coefficient (Wildman–Crippen LogP) is 4.47. The Morgan fingerprint density at radius 3 is 2.67 bits per heavy atom. The molecule has 2 atom stereocenters. The zero-order chi connectivity index (χ0) is 12.8. The minimum Gasteiger partial charge on any atom is -0.314 e. The van der Waals surface area contributed by atoms with E-state index in [4.69, 9.17) is 0 Å². The SMILES string of the molecule is CC(C)NCC1(Cc2ccc(Br)s2)CC2CC2C1. The molecule has 0 radical (unpaired) electrons. The third-order valence-electron chi connectivity index (χ3n) is 4.52. The van der Waals surface area contributed by atoms with E-state index in [1.54, 1.807) is 4.88 Å². The molecule has 0 aliphatic heterocycles. The third-order valence-corrected chi connectivity index (χ3v) is 6.15. The van der Waals surface area contributed by atoms with Crippen LogP contribution in [-0.2, 0) is 6.42 Å². The monoisotopic (exact) mass is 327 g/mol. The lowest BCUT2D eigenvalue weighted by Gasteiger charge is -2.32. The van der Waals surface area contributed by atoms with Crippen LogP contribution in [0.1, 0.15) is 38.0 Å². The van der Waals surface area contributed by atoms with Crippen molar-refractivity contribution in [3.05, 3.63) is 20.8 Å². The molecule has 1 aromatic rings. The van der Waals surface area contributed by atoms with Gasteiger partial charge in [-0.2, -0.15) is 0 Å². The number of hydrogen-bond donors (Lipinski definition) is 1. The Morgan fingerprint density at radius 2 is 2.11 bits per heavy atom. The van der Waals surface area contributed by atoms with Gasteiger partial charge in [-0.3, -0.25) is 0 Å². The van der Waals surface area contributed by atoms with E-state index in [-0.39, 0.29) is 0 Å². The molecule has 1 aromatic heterocycles. The third kappa shape index (κ3) is 2.83. The molecule has 2 aliphatic carbocycles. The molecule has 0 spiro atoms. The molecule has 0 saturated heterocycles. The van der Waals surface area contributed by atoms with E-state index in [1.807, 2.05) is 11.3 Å². The quantitative estimate of drug-likeness (QED) is 0.841. The molecule has 2 fully saturated rings. The van der Waals surface area contributed by atoms with Crippen molar-refractivity contribution in [1.29, 1.82) is 0 Å². The van der Waals surface area contributed by atoms with Crippen LogP contribution in [0.4, 0.5) is 0 Å². The highest BCUT2D eigenvalue weighted by Crippen LogP contribution is 2.60. The normalized spacial score (nSPS) is 34.0. The summed E-state index contributed by atoms with van der Waals surface area (Å²) in [4.78, 5) is 1.55. The second kappa shape index (κ2) is 4.92. The molecule has 0 bridgehead atoms. The first-order chi connectivity index (χ1) is 8.56. The predicted molar refractivity (Wildman–Crippen MR) is 82.1 cm³/mol. The highest BCUT2D eigenvalue weighted by Gasteiger charge is 2.53. The van der Waals surface area contributed by atoms with Gasteiger partial charge in [0, 0.05) is 17.5 Å². The highest BCUT2D eigenvalue weighted by atomic mass is 79.9. The van der Waals surface area contributed by atoms with Gasteiger partial charge < -0.3 is 5.32 Å². The van der Waals surface area contributed by atoms with E-state index in [0.29, 0.717) is 11.5 Å². The van der Waals surface area contributed by atoms with Gasteiger partial charge in [-0.15, -0.1) is 11.3 Å². The van der Waals surface area contributed by atoms with E-state index in [9.17, 15) is 0 Å². The van der Waals surface area contributed by atoms with E-state index >= 15 is 0 Å². The molecule has 1 nitrogen and oxygen atoms in total. The fourth-order valence-corrected chi connectivity index (χ4v) is 5.25.